The van der Waals surface area contributed by atoms with Crippen LogP contribution < -0.4 is 0 Å². The molecule has 0 bridgehead atoms. The van der Waals surface area contributed by atoms with Gasteiger partial charge in [-0.3, -0.25) is 0 Å². The molecule has 2 rings (SSSR count). The maximum atomic E-state index is 8.72. The molecule has 2 aromatic rings. The van der Waals surface area contributed by atoms with Crippen LogP contribution in [-0.2, 0) is 0 Å². The van der Waals surface area contributed by atoms with E-state index in [-0.39, 0.29) is 0 Å². The molecule has 0 atom stereocenters. The van der Waals surface area contributed by atoms with E-state index in [4.69, 9.17) is 16.9 Å². The predicted octanol–water partition coefficient (Wildman–Crippen LogP) is 2.40. The van der Waals surface area contributed by atoms with Gasteiger partial charge in [0.25, 0.3) is 0 Å². The van der Waals surface area contributed by atoms with Crippen LogP contribution in [-0.4, -0.2) is 9.78 Å². The summed E-state index contributed by atoms with van der Waals surface area (Å²) in [6.45, 7) is 0. The summed E-state index contributed by atoms with van der Waals surface area (Å²) in [6, 6.07) is 10.9. The molecule has 1 aromatic carbocycles. The zero-order valence-corrected chi connectivity index (χ0v) is 7.94. The second kappa shape index (κ2) is 3.52. The van der Waals surface area contributed by atoms with Crippen molar-refractivity contribution in [3.8, 4) is 11.8 Å². The molecule has 4 heteroatoms. The number of nitrogens with zero attached hydrogens (tertiary/aromatic N) is 3. The summed E-state index contributed by atoms with van der Waals surface area (Å²) >= 11 is 5.89. The van der Waals surface area contributed by atoms with Crippen molar-refractivity contribution in [2.45, 2.75) is 0 Å². The highest BCUT2D eigenvalue weighted by Gasteiger charge is 2.02. The minimum atomic E-state index is 0.528. The highest BCUT2D eigenvalue weighted by atomic mass is 35.5. The van der Waals surface area contributed by atoms with Gasteiger partial charge in [-0.1, -0.05) is 17.7 Å². The monoisotopic (exact) mass is 203 g/mol. The van der Waals surface area contributed by atoms with Crippen molar-refractivity contribution in [1.82, 2.24) is 9.78 Å². The number of halogens is 1. The molecular weight excluding hydrogens is 198 g/mol. The number of nitriles is 1. The van der Waals surface area contributed by atoms with Crippen molar-refractivity contribution >= 4 is 11.6 Å². The Kier molecular flexibility index (Phi) is 2.21. The lowest BCUT2D eigenvalue weighted by atomic mass is 10.2. The minimum absolute atomic E-state index is 0.528. The molecule has 0 saturated heterocycles. The minimum Gasteiger partial charge on any atom is -0.222 e. The summed E-state index contributed by atoms with van der Waals surface area (Å²) < 4.78 is 1.57. The Balaban J connectivity index is 2.53. The Morgan fingerprint density at radius 2 is 2.21 bits per heavy atom. The number of hydrogen-bond donors (Lipinski definition) is 0. The van der Waals surface area contributed by atoms with Crippen molar-refractivity contribution < 1.29 is 0 Å². The second-order valence-electron chi connectivity index (χ2n) is 2.73. The Morgan fingerprint density at radius 1 is 1.36 bits per heavy atom. The van der Waals surface area contributed by atoms with Crippen molar-refractivity contribution in [1.29, 1.82) is 5.26 Å². The molecular formula is C10H6ClN3. The number of hydrogen-bond acceptors (Lipinski definition) is 2. The first kappa shape index (κ1) is 8.79. The molecule has 0 amide bonds. The molecule has 1 aromatic heterocycles. The SMILES string of the molecule is N#Cc1cccc(-n2nccc2Cl)c1. The molecule has 0 spiro atoms. The van der Waals surface area contributed by atoms with E-state index in [9.17, 15) is 0 Å². The zero-order chi connectivity index (χ0) is 9.97. The van der Waals surface area contributed by atoms with Crippen LogP contribution in [0.4, 0.5) is 0 Å². The Labute approximate surface area is 86.2 Å². The quantitative estimate of drug-likeness (QED) is 0.714. The highest BCUT2D eigenvalue weighted by Crippen LogP contribution is 2.15. The fraction of sp³-hybridized carbons (Fsp3) is 0. The third-order valence-electron chi connectivity index (χ3n) is 1.82. The largest absolute Gasteiger partial charge is 0.222 e. The van der Waals surface area contributed by atoms with Gasteiger partial charge in [0, 0.05) is 0 Å². The van der Waals surface area contributed by atoms with Crippen molar-refractivity contribution in [3.05, 3.63) is 47.2 Å². The highest BCUT2D eigenvalue weighted by molar-refractivity contribution is 6.29. The molecule has 0 aliphatic heterocycles. The number of rotatable bonds is 1. The van der Waals surface area contributed by atoms with Gasteiger partial charge in [0.1, 0.15) is 5.15 Å². The molecule has 0 fully saturated rings. The van der Waals surface area contributed by atoms with Crippen LogP contribution in [0.2, 0.25) is 5.15 Å². The second-order valence-corrected chi connectivity index (χ2v) is 3.12. The van der Waals surface area contributed by atoms with Crippen LogP contribution in [0.25, 0.3) is 5.69 Å². The van der Waals surface area contributed by atoms with Crippen LogP contribution in [0, 0.1) is 11.3 Å². The first-order valence-electron chi connectivity index (χ1n) is 4.01. The van der Waals surface area contributed by atoms with Gasteiger partial charge in [0.2, 0.25) is 0 Å². The maximum Gasteiger partial charge on any atom is 0.132 e. The van der Waals surface area contributed by atoms with E-state index in [1.807, 2.05) is 6.07 Å². The van der Waals surface area contributed by atoms with E-state index in [2.05, 4.69) is 11.2 Å². The van der Waals surface area contributed by atoms with E-state index in [1.165, 1.54) is 0 Å². The Bertz CT molecular complexity index is 496. The van der Waals surface area contributed by atoms with Gasteiger partial charge in [-0.2, -0.15) is 10.4 Å². The Morgan fingerprint density at radius 3 is 2.86 bits per heavy atom. The molecule has 0 aliphatic carbocycles. The standard InChI is InChI=1S/C10H6ClN3/c11-10-4-5-13-14(10)9-3-1-2-8(6-9)7-12/h1-6H. The van der Waals surface area contributed by atoms with Crippen LogP contribution in [0.5, 0.6) is 0 Å². The van der Waals surface area contributed by atoms with E-state index in [0.29, 0.717) is 10.7 Å². The maximum absolute atomic E-state index is 8.72. The van der Waals surface area contributed by atoms with E-state index < -0.39 is 0 Å². The molecule has 68 valence electrons. The van der Waals surface area contributed by atoms with Gasteiger partial charge < -0.3 is 0 Å². The van der Waals surface area contributed by atoms with Crippen molar-refractivity contribution in [3.63, 3.8) is 0 Å². The van der Waals surface area contributed by atoms with Crippen LogP contribution in [0.15, 0.2) is 36.5 Å². The molecule has 0 saturated carbocycles. The smallest absolute Gasteiger partial charge is 0.132 e. The number of benzene rings is 1. The first-order valence-corrected chi connectivity index (χ1v) is 4.39. The van der Waals surface area contributed by atoms with Crippen LogP contribution >= 0.6 is 11.6 Å². The molecule has 0 aliphatic rings. The lowest BCUT2D eigenvalue weighted by Gasteiger charge is -2.02. The summed E-state index contributed by atoms with van der Waals surface area (Å²) in [6.07, 6.45) is 1.61. The summed E-state index contributed by atoms with van der Waals surface area (Å²) in [7, 11) is 0. The zero-order valence-electron chi connectivity index (χ0n) is 7.18. The molecule has 0 N–H and O–H groups in total. The fourth-order valence-corrected chi connectivity index (χ4v) is 1.38. The topological polar surface area (TPSA) is 41.6 Å². The Hall–Kier alpha value is -1.79. The summed E-state index contributed by atoms with van der Waals surface area (Å²) in [5.41, 5.74) is 1.38. The summed E-state index contributed by atoms with van der Waals surface area (Å²) in [5, 5.41) is 13.3. The summed E-state index contributed by atoms with van der Waals surface area (Å²) in [4.78, 5) is 0. The third-order valence-corrected chi connectivity index (χ3v) is 2.10. The van der Waals surface area contributed by atoms with Crippen molar-refractivity contribution in [2.75, 3.05) is 0 Å². The van der Waals surface area contributed by atoms with Gasteiger partial charge in [-0.15, -0.1) is 0 Å². The van der Waals surface area contributed by atoms with E-state index in [0.717, 1.165) is 5.69 Å². The molecule has 14 heavy (non-hydrogen) atoms. The van der Waals surface area contributed by atoms with E-state index >= 15 is 0 Å². The van der Waals surface area contributed by atoms with Gasteiger partial charge in [-0.05, 0) is 24.3 Å². The molecule has 3 nitrogen and oxygen atoms in total. The first-order chi connectivity index (χ1) is 6.81. The summed E-state index contributed by atoms with van der Waals surface area (Å²) in [5.74, 6) is 0. The molecule has 1 heterocycles. The molecule has 0 unspecified atom stereocenters. The van der Waals surface area contributed by atoms with Crippen LogP contribution in [0.1, 0.15) is 5.56 Å². The number of aromatic nitrogens is 2. The average Bonchev–Trinajstić information content (AvgIpc) is 2.65. The van der Waals surface area contributed by atoms with E-state index in [1.54, 1.807) is 35.1 Å². The third kappa shape index (κ3) is 1.48. The fourth-order valence-electron chi connectivity index (χ4n) is 1.18. The van der Waals surface area contributed by atoms with Gasteiger partial charge in [0.15, 0.2) is 0 Å². The van der Waals surface area contributed by atoms with Gasteiger partial charge in [-0.25, -0.2) is 4.68 Å². The average molecular weight is 204 g/mol. The lowest BCUT2D eigenvalue weighted by molar-refractivity contribution is 0.881. The normalized spacial score (nSPS) is 9.71. The molecule has 0 radical (unpaired) electrons. The lowest BCUT2D eigenvalue weighted by Crippen LogP contribution is -1.95. The van der Waals surface area contributed by atoms with Gasteiger partial charge >= 0.3 is 0 Å². The van der Waals surface area contributed by atoms with Crippen LogP contribution in [0.3, 0.4) is 0 Å². The van der Waals surface area contributed by atoms with Crippen molar-refractivity contribution in [2.24, 2.45) is 0 Å². The van der Waals surface area contributed by atoms with Gasteiger partial charge in [0.05, 0.1) is 23.5 Å². The predicted molar refractivity (Wildman–Crippen MR) is 53.3 cm³/mol.